The predicted molar refractivity (Wildman–Crippen MR) is 68.7 cm³/mol. The highest BCUT2D eigenvalue weighted by Gasteiger charge is 1.98. The lowest BCUT2D eigenvalue weighted by Gasteiger charge is -2.05. The molecule has 1 heterocycles. The van der Waals surface area contributed by atoms with Crippen LogP contribution in [0, 0.1) is 11.5 Å². The normalized spacial score (nSPS) is 9.41. The van der Waals surface area contributed by atoms with E-state index in [0.29, 0.717) is 11.6 Å². The Morgan fingerprint density at radius 2 is 1.82 bits per heavy atom. The van der Waals surface area contributed by atoms with Crippen LogP contribution in [0.3, 0.4) is 0 Å². The number of nitrogens with one attached hydrogen (secondary N) is 2. The first-order chi connectivity index (χ1) is 8.28. The highest BCUT2D eigenvalue weighted by Crippen LogP contribution is 2.18. The van der Waals surface area contributed by atoms with Crippen molar-refractivity contribution in [1.82, 2.24) is 9.97 Å². The van der Waals surface area contributed by atoms with Crippen molar-refractivity contribution < 1.29 is 0 Å². The molecule has 1 aromatic heterocycles. The molecular formula is C11H8BrN5. The van der Waals surface area contributed by atoms with Gasteiger partial charge in [0.1, 0.15) is 18.0 Å². The average molecular weight is 290 g/mol. The van der Waals surface area contributed by atoms with E-state index in [1.807, 2.05) is 30.5 Å². The zero-order valence-electron chi connectivity index (χ0n) is 8.68. The Morgan fingerprint density at radius 1 is 1.12 bits per heavy atom. The van der Waals surface area contributed by atoms with Gasteiger partial charge in [0.25, 0.3) is 0 Å². The van der Waals surface area contributed by atoms with E-state index in [2.05, 4.69) is 36.5 Å². The van der Waals surface area contributed by atoms with Crippen molar-refractivity contribution in [2.24, 2.45) is 0 Å². The van der Waals surface area contributed by atoms with Crippen molar-refractivity contribution in [2.45, 2.75) is 0 Å². The van der Waals surface area contributed by atoms with Crippen molar-refractivity contribution in [2.75, 3.05) is 10.6 Å². The summed E-state index contributed by atoms with van der Waals surface area (Å²) in [4.78, 5) is 7.95. The molecule has 17 heavy (non-hydrogen) atoms. The fourth-order valence-corrected chi connectivity index (χ4v) is 1.50. The Kier molecular flexibility index (Phi) is 3.52. The van der Waals surface area contributed by atoms with E-state index in [0.717, 1.165) is 10.2 Å². The Morgan fingerprint density at radius 3 is 2.53 bits per heavy atom. The van der Waals surface area contributed by atoms with E-state index >= 15 is 0 Å². The van der Waals surface area contributed by atoms with Gasteiger partial charge in [-0.1, -0.05) is 15.9 Å². The summed E-state index contributed by atoms with van der Waals surface area (Å²) in [6.45, 7) is 0. The summed E-state index contributed by atoms with van der Waals surface area (Å²) < 4.78 is 1.01. The second-order valence-corrected chi connectivity index (χ2v) is 4.07. The van der Waals surface area contributed by atoms with Crippen LogP contribution >= 0.6 is 15.9 Å². The molecule has 1 aromatic carbocycles. The molecule has 2 N–H and O–H groups in total. The van der Waals surface area contributed by atoms with Crippen molar-refractivity contribution in [3.8, 4) is 6.19 Å². The molecule has 0 fully saturated rings. The molecule has 0 aliphatic rings. The molecule has 84 valence electrons. The largest absolute Gasteiger partial charge is 0.340 e. The van der Waals surface area contributed by atoms with Crippen LogP contribution in [-0.4, -0.2) is 9.97 Å². The molecule has 0 saturated carbocycles. The molecule has 0 amide bonds. The van der Waals surface area contributed by atoms with Crippen LogP contribution in [0.2, 0.25) is 0 Å². The number of benzene rings is 1. The third-order valence-electron chi connectivity index (χ3n) is 1.97. The first-order valence-corrected chi connectivity index (χ1v) is 5.57. The van der Waals surface area contributed by atoms with Gasteiger partial charge in [-0.05, 0) is 24.3 Å². The van der Waals surface area contributed by atoms with Gasteiger partial charge in [0.2, 0.25) is 0 Å². The van der Waals surface area contributed by atoms with E-state index in [1.165, 1.54) is 6.33 Å². The summed E-state index contributed by atoms with van der Waals surface area (Å²) in [6.07, 6.45) is 3.20. The van der Waals surface area contributed by atoms with Crippen molar-refractivity contribution in [3.63, 3.8) is 0 Å². The molecule has 0 bridgehead atoms. The maximum Gasteiger partial charge on any atom is 0.182 e. The second-order valence-electron chi connectivity index (χ2n) is 3.16. The molecule has 0 spiro atoms. The first kappa shape index (κ1) is 11.4. The summed E-state index contributed by atoms with van der Waals surface area (Å²) in [6, 6.07) is 9.36. The first-order valence-electron chi connectivity index (χ1n) is 4.77. The van der Waals surface area contributed by atoms with Gasteiger partial charge in [0.15, 0.2) is 6.19 Å². The SMILES string of the molecule is N#CNc1cc(Nc2ccc(Br)cc2)ncn1. The predicted octanol–water partition coefficient (Wildman–Crippen LogP) is 2.88. The van der Waals surface area contributed by atoms with E-state index in [-0.39, 0.29) is 0 Å². The molecular weight excluding hydrogens is 282 g/mol. The molecule has 0 atom stereocenters. The van der Waals surface area contributed by atoms with Crippen LogP contribution in [0.4, 0.5) is 17.3 Å². The lowest BCUT2D eigenvalue weighted by molar-refractivity contribution is 1.17. The maximum atomic E-state index is 8.48. The van der Waals surface area contributed by atoms with E-state index in [9.17, 15) is 0 Å². The highest BCUT2D eigenvalue weighted by molar-refractivity contribution is 9.10. The molecule has 2 aromatic rings. The zero-order valence-corrected chi connectivity index (χ0v) is 10.3. The zero-order chi connectivity index (χ0) is 12.1. The summed E-state index contributed by atoms with van der Waals surface area (Å²) in [7, 11) is 0. The monoisotopic (exact) mass is 289 g/mol. The molecule has 0 saturated heterocycles. The standard InChI is InChI=1S/C11H8BrN5/c12-8-1-3-9(4-2-8)17-11-5-10(14-6-13)15-7-16-11/h1-5,7H,(H2,14,15,16,17). The summed E-state index contributed by atoms with van der Waals surface area (Å²) in [5, 5.41) is 14.0. The fourth-order valence-electron chi connectivity index (χ4n) is 1.23. The molecule has 2 rings (SSSR count). The molecule has 0 aliphatic heterocycles. The second kappa shape index (κ2) is 5.27. The minimum absolute atomic E-state index is 0.460. The quantitative estimate of drug-likeness (QED) is 0.671. The number of anilines is 3. The number of aromatic nitrogens is 2. The van der Waals surface area contributed by atoms with Crippen molar-refractivity contribution in [1.29, 1.82) is 5.26 Å². The van der Waals surface area contributed by atoms with Crippen molar-refractivity contribution >= 4 is 33.3 Å². The number of nitriles is 1. The van der Waals surface area contributed by atoms with Gasteiger partial charge >= 0.3 is 0 Å². The Balaban J connectivity index is 2.16. The van der Waals surface area contributed by atoms with Gasteiger partial charge in [0.05, 0.1) is 0 Å². The third kappa shape index (κ3) is 3.16. The van der Waals surface area contributed by atoms with Crippen molar-refractivity contribution in [3.05, 3.63) is 41.1 Å². The van der Waals surface area contributed by atoms with Crippen LogP contribution in [0.25, 0.3) is 0 Å². The fraction of sp³-hybridized carbons (Fsp3) is 0. The van der Waals surface area contributed by atoms with E-state index < -0.39 is 0 Å². The van der Waals surface area contributed by atoms with E-state index in [4.69, 9.17) is 5.26 Å². The summed E-state index contributed by atoms with van der Waals surface area (Å²) in [5.41, 5.74) is 0.912. The lowest BCUT2D eigenvalue weighted by atomic mass is 10.3. The number of rotatable bonds is 3. The van der Waals surface area contributed by atoms with E-state index in [1.54, 1.807) is 6.07 Å². The van der Waals surface area contributed by atoms with Crippen LogP contribution in [0.15, 0.2) is 41.1 Å². The number of halogens is 1. The van der Waals surface area contributed by atoms with Gasteiger partial charge in [-0.15, -0.1) is 0 Å². The lowest BCUT2D eigenvalue weighted by Crippen LogP contribution is -1.97. The summed E-state index contributed by atoms with van der Waals surface area (Å²) >= 11 is 3.36. The Bertz CT molecular complexity index is 547. The van der Waals surface area contributed by atoms with Gasteiger partial charge in [-0.2, -0.15) is 5.26 Å². The minimum atomic E-state index is 0.460. The van der Waals surface area contributed by atoms with Gasteiger partial charge in [-0.3, -0.25) is 5.32 Å². The maximum absolute atomic E-state index is 8.48. The number of nitrogens with zero attached hydrogens (tertiary/aromatic N) is 3. The molecule has 5 nitrogen and oxygen atoms in total. The Hall–Kier alpha value is -2.13. The average Bonchev–Trinajstić information content (AvgIpc) is 2.33. The third-order valence-corrected chi connectivity index (χ3v) is 2.50. The molecule has 0 unspecified atom stereocenters. The highest BCUT2D eigenvalue weighted by atomic mass is 79.9. The van der Waals surface area contributed by atoms with Crippen LogP contribution in [0.1, 0.15) is 0 Å². The molecule has 6 heteroatoms. The van der Waals surface area contributed by atoms with Gasteiger partial charge in [-0.25, -0.2) is 9.97 Å². The van der Waals surface area contributed by atoms with Gasteiger partial charge < -0.3 is 5.32 Å². The number of hydrogen-bond acceptors (Lipinski definition) is 5. The summed E-state index contributed by atoms with van der Waals surface area (Å²) in [5.74, 6) is 1.09. The van der Waals surface area contributed by atoms with Crippen LogP contribution in [0.5, 0.6) is 0 Å². The topological polar surface area (TPSA) is 73.6 Å². The molecule has 0 aliphatic carbocycles. The van der Waals surface area contributed by atoms with Crippen LogP contribution < -0.4 is 10.6 Å². The minimum Gasteiger partial charge on any atom is -0.340 e. The number of hydrogen-bond donors (Lipinski definition) is 2. The molecule has 0 radical (unpaired) electrons. The Labute approximate surface area is 107 Å². The van der Waals surface area contributed by atoms with Gasteiger partial charge in [0, 0.05) is 16.2 Å². The van der Waals surface area contributed by atoms with Crippen LogP contribution in [-0.2, 0) is 0 Å². The smallest absolute Gasteiger partial charge is 0.182 e.